The molecule has 0 saturated heterocycles. The van der Waals surface area contributed by atoms with Crippen molar-refractivity contribution >= 4 is 41.4 Å². The Kier molecular flexibility index (Phi) is 5.19. The van der Waals surface area contributed by atoms with Crippen molar-refractivity contribution in [2.75, 3.05) is 0 Å². The molecule has 0 saturated carbocycles. The van der Waals surface area contributed by atoms with E-state index in [2.05, 4.69) is 6.58 Å². The van der Waals surface area contributed by atoms with E-state index in [1.54, 1.807) is 6.08 Å². The molecule has 0 fully saturated rings. The molecule has 0 atom stereocenters. The van der Waals surface area contributed by atoms with Gasteiger partial charge < -0.3 is 4.43 Å². The Morgan fingerprint density at radius 2 is 2.06 bits per heavy atom. The smallest absolute Gasteiger partial charge is 0.433 e. The van der Waals surface area contributed by atoms with Gasteiger partial charge in [-0.3, -0.25) is 0 Å². The van der Waals surface area contributed by atoms with Gasteiger partial charge in [0.25, 0.3) is 0 Å². The van der Waals surface area contributed by atoms with Crippen molar-refractivity contribution in [3.8, 4) is 5.75 Å². The largest absolute Gasteiger partial charge is 0.520 e. The first-order valence-corrected chi connectivity index (χ1v) is 9.15. The van der Waals surface area contributed by atoms with Crippen LogP contribution in [0.2, 0.25) is 5.02 Å². The standard InChI is InChI=1S/C11H13Cl3OSi/c1-4-5-9-8(3)11(12)7(2)6-10(9)15-16(13)14/h4,6,16H,1,5H2,2-3H3. The summed E-state index contributed by atoms with van der Waals surface area (Å²) in [7, 11) is -2.14. The number of hydrogen-bond acceptors (Lipinski definition) is 1. The zero-order valence-electron chi connectivity index (χ0n) is 9.19. The van der Waals surface area contributed by atoms with E-state index in [4.69, 9.17) is 38.2 Å². The van der Waals surface area contributed by atoms with Crippen molar-refractivity contribution in [3.05, 3.63) is 40.4 Å². The van der Waals surface area contributed by atoms with E-state index in [0.717, 1.165) is 27.5 Å². The molecule has 5 heteroatoms. The van der Waals surface area contributed by atoms with E-state index in [0.29, 0.717) is 6.42 Å². The summed E-state index contributed by atoms with van der Waals surface area (Å²) in [6.07, 6.45) is 2.50. The second kappa shape index (κ2) is 5.96. The monoisotopic (exact) mass is 294 g/mol. The van der Waals surface area contributed by atoms with Crippen LogP contribution in [0.25, 0.3) is 0 Å². The molecule has 0 N–H and O–H groups in total. The first-order valence-electron chi connectivity index (χ1n) is 4.81. The summed E-state index contributed by atoms with van der Waals surface area (Å²) in [6, 6.07) is 1.87. The van der Waals surface area contributed by atoms with Gasteiger partial charge >= 0.3 is 7.66 Å². The molecule has 0 aliphatic carbocycles. The van der Waals surface area contributed by atoms with Crippen LogP contribution in [0.3, 0.4) is 0 Å². The lowest BCUT2D eigenvalue weighted by molar-refractivity contribution is 0.594. The number of aryl methyl sites for hydroxylation is 1. The van der Waals surface area contributed by atoms with Crippen LogP contribution in [0.4, 0.5) is 0 Å². The average molecular weight is 296 g/mol. The molecule has 0 radical (unpaired) electrons. The molecule has 1 nitrogen and oxygen atoms in total. The fourth-order valence-electron chi connectivity index (χ4n) is 1.56. The minimum absolute atomic E-state index is 0.691. The number of halogens is 3. The topological polar surface area (TPSA) is 9.23 Å². The zero-order valence-corrected chi connectivity index (χ0v) is 12.6. The van der Waals surface area contributed by atoms with Crippen LogP contribution in [0.5, 0.6) is 5.75 Å². The Labute approximate surface area is 112 Å². The predicted molar refractivity (Wildman–Crippen MR) is 74.3 cm³/mol. The van der Waals surface area contributed by atoms with Gasteiger partial charge in [0.1, 0.15) is 5.75 Å². The first-order chi connectivity index (χ1) is 7.47. The molecule has 0 aliphatic rings. The van der Waals surface area contributed by atoms with Crippen molar-refractivity contribution in [3.63, 3.8) is 0 Å². The Bertz CT molecular complexity index is 405. The Hall–Kier alpha value is -0.153. The summed E-state index contributed by atoms with van der Waals surface area (Å²) in [5.74, 6) is 0.723. The molecule has 16 heavy (non-hydrogen) atoms. The van der Waals surface area contributed by atoms with Gasteiger partial charge in [0.15, 0.2) is 0 Å². The highest BCUT2D eigenvalue weighted by atomic mass is 35.7. The maximum Gasteiger partial charge on any atom is 0.433 e. The molecule has 0 bridgehead atoms. The summed E-state index contributed by atoms with van der Waals surface area (Å²) in [6.45, 7) is 7.60. The molecule has 0 amide bonds. The van der Waals surface area contributed by atoms with E-state index in [-0.39, 0.29) is 0 Å². The van der Waals surface area contributed by atoms with Crippen LogP contribution in [0.15, 0.2) is 18.7 Å². The highest BCUT2D eigenvalue weighted by molar-refractivity contribution is 7.31. The number of benzene rings is 1. The van der Waals surface area contributed by atoms with E-state index in [1.807, 2.05) is 19.9 Å². The molecule has 1 aromatic carbocycles. The maximum atomic E-state index is 6.18. The van der Waals surface area contributed by atoms with Crippen LogP contribution >= 0.6 is 33.8 Å². The quantitative estimate of drug-likeness (QED) is 0.458. The summed E-state index contributed by atoms with van der Waals surface area (Å²) in [5, 5.41) is 0.756. The van der Waals surface area contributed by atoms with Crippen LogP contribution in [0.1, 0.15) is 16.7 Å². The third-order valence-corrected chi connectivity index (χ3v) is 3.89. The molecule has 88 valence electrons. The molecular weight excluding hydrogens is 283 g/mol. The maximum absolute atomic E-state index is 6.18. The molecule has 1 aromatic rings. The van der Waals surface area contributed by atoms with E-state index in [1.165, 1.54) is 0 Å². The van der Waals surface area contributed by atoms with Gasteiger partial charge in [-0.05, 0) is 37.5 Å². The van der Waals surface area contributed by atoms with Crippen LogP contribution in [-0.2, 0) is 6.42 Å². The van der Waals surface area contributed by atoms with Gasteiger partial charge in [-0.2, -0.15) is 0 Å². The van der Waals surface area contributed by atoms with Crippen LogP contribution in [0, 0.1) is 13.8 Å². The second-order valence-corrected chi connectivity index (χ2v) is 7.66. The van der Waals surface area contributed by atoms with Crippen LogP contribution < -0.4 is 4.43 Å². The third kappa shape index (κ3) is 3.17. The van der Waals surface area contributed by atoms with Gasteiger partial charge in [-0.15, -0.1) is 28.7 Å². The summed E-state index contributed by atoms with van der Waals surface area (Å²) in [5.41, 5.74) is 2.97. The lowest BCUT2D eigenvalue weighted by atomic mass is 10.0. The van der Waals surface area contributed by atoms with E-state index >= 15 is 0 Å². The average Bonchev–Trinajstić information content (AvgIpc) is 2.20. The van der Waals surface area contributed by atoms with Gasteiger partial charge in [-0.25, -0.2) is 0 Å². The second-order valence-electron chi connectivity index (χ2n) is 3.48. The minimum Gasteiger partial charge on any atom is -0.520 e. The zero-order chi connectivity index (χ0) is 12.3. The normalized spacial score (nSPS) is 10.6. The van der Waals surface area contributed by atoms with Gasteiger partial charge in [0, 0.05) is 10.6 Å². The lowest BCUT2D eigenvalue weighted by Gasteiger charge is -2.16. The number of allylic oxidation sites excluding steroid dienone is 1. The fourth-order valence-corrected chi connectivity index (χ4v) is 2.71. The highest BCUT2D eigenvalue weighted by Crippen LogP contribution is 2.33. The first kappa shape index (κ1) is 13.9. The van der Waals surface area contributed by atoms with Gasteiger partial charge in [-0.1, -0.05) is 17.7 Å². The third-order valence-electron chi connectivity index (χ3n) is 2.34. The Morgan fingerprint density at radius 1 is 1.44 bits per heavy atom. The fraction of sp³-hybridized carbons (Fsp3) is 0.273. The Morgan fingerprint density at radius 3 is 2.56 bits per heavy atom. The Balaban J connectivity index is 3.28. The predicted octanol–water partition coefficient (Wildman–Crippen LogP) is 4.26. The van der Waals surface area contributed by atoms with Crippen molar-refractivity contribution in [1.82, 2.24) is 0 Å². The summed E-state index contributed by atoms with van der Waals surface area (Å²) >= 11 is 17.7. The highest BCUT2D eigenvalue weighted by Gasteiger charge is 2.14. The molecule has 0 aromatic heterocycles. The molecular formula is C11H13Cl3OSi. The molecule has 0 unspecified atom stereocenters. The van der Waals surface area contributed by atoms with E-state index < -0.39 is 7.66 Å². The molecule has 1 rings (SSSR count). The van der Waals surface area contributed by atoms with Gasteiger partial charge in [0.2, 0.25) is 0 Å². The van der Waals surface area contributed by atoms with E-state index in [9.17, 15) is 0 Å². The SMILES string of the molecule is C=CCc1c(O[SiH](Cl)Cl)cc(C)c(Cl)c1C. The van der Waals surface area contributed by atoms with Crippen LogP contribution in [-0.4, -0.2) is 7.66 Å². The van der Waals surface area contributed by atoms with Crippen molar-refractivity contribution in [1.29, 1.82) is 0 Å². The number of rotatable bonds is 4. The molecule has 0 aliphatic heterocycles. The molecule has 0 spiro atoms. The number of hydrogen-bond donors (Lipinski definition) is 0. The molecule has 0 heterocycles. The summed E-state index contributed by atoms with van der Waals surface area (Å²) in [4.78, 5) is 0. The van der Waals surface area contributed by atoms with Crippen molar-refractivity contribution < 1.29 is 4.43 Å². The van der Waals surface area contributed by atoms with Crippen molar-refractivity contribution in [2.45, 2.75) is 20.3 Å². The minimum atomic E-state index is -2.14. The van der Waals surface area contributed by atoms with Gasteiger partial charge in [0.05, 0.1) is 0 Å². The lowest BCUT2D eigenvalue weighted by Crippen LogP contribution is -2.08. The van der Waals surface area contributed by atoms with Crippen molar-refractivity contribution in [2.24, 2.45) is 0 Å². The summed E-state index contributed by atoms with van der Waals surface area (Å²) < 4.78 is 5.48.